The summed E-state index contributed by atoms with van der Waals surface area (Å²) in [4.78, 5) is 24.4. The minimum atomic E-state index is -0.984. The van der Waals surface area contributed by atoms with Gasteiger partial charge in [0.1, 0.15) is 6.54 Å². The van der Waals surface area contributed by atoms with Crippen molar-refractivity contribution in [1.29, 1.82) is 0 Å². The molecule has 0 saturated carbocycles. The summed E-state index contributed by atoms with van der Waals surface area (Å²) < 4.78 is 5.89. The van der Waals surface area contributed by atoms with Gasteiger partial charge in [0.25, 0.3) is 0 Å². The van der Waals surface area contributed by atoms with E-state index in [1.165, 1.54) is 4.90 Å². The van der Waals surface area contributed by atoms with E-state index in [2.05, 4.69) is 19.2 Å². The molecule has 1 heterocycles. The fraction of sp³-hybridized carbons (Fsp3) is 0.867. The second-order valence-corrected chi connectivity index (χ2v) is 5.69. The SMILES string of the molecule is CCCN(CC(=O)O)C(=O)NC1CCOC(CC)(CC)C1. The molecule has 122 valence electrons. The van der Waals surface area contributed by atoms with Gasteiger partial charge in [0.05, 0.1) is 5.60 Å². The summed E-state index contributed by atoms with van der Waals surface area (Å²) in [6.45, 7) is 6.96. The average Bonchev–Trinajstić information content (AvgIpc) is 2.46. The lowest BCUT2D eigenvalue weighted by molar-refractivity contribution is -0.137. The van der Waals surface area contributed by atoms with E-state index < -0.39 is 5.97 Å². The van der Waals surface area contributed by atoms with Crippen molar-refractivity contribution in [2.75, 3.05) is 19.7 Å². The summed E-state index contributed by atoms with van der Waals surface area (Å²) in [5.74, 6) is -0.984. The van der Waals surface area contributed by atoms with Crippen LogP contribution >= 0.6 is 0 Å². The quantitative estimate of drug-likeness (QED) is 0.755. The van der Waals surface area contributed by atoms with Gasteiger partial charge in [-0.15, -0.1) is 0 Å². The molecule has 0 spiro atoms. The highest BCUT2D eigenvalue weighted by Gasteiger charge is 2.35. The van der Waals surface area contributed by atoms with Crippen molar-refractivity contribution in [3.63, 3.8) is 0 Å². The van der Waals surface area contributed by atoms with Gasteiger partial charge in [-0.05, 0) is 32.1 Å². The lowest BCUT2D eigenvalue weighted by Crippen LogP contribution is -2.52. The molecule has 1 fully saturated rings. The van der Waals surface area contributed by atoms with E-state index in [1.807, 2.05) is 6.92 Å². The first-order valence-electron chi connectivity index (χ1n) is 7.87. The molecule has 0 aromatic heterocycles. The predicted octanol–water partition coefficient (Wildman–Crippen LogP) is 2.23. The number of aliphatic carboxylic acids is 1. The first-order chi connectivity index (χ1) is 9.96. The lowest BCUT2D eigenvalue weighted by Gasteiger charge is -2.40. The van der Waals surface area contributed by atoms with Crippen molar-refractivity contribution in [2.24, 2.45) is 0 Å². The number of ether oxygens (including phenoxy) is 1. The third-order valence-electron chi connectivity index (χ3n) is 4.22. The Labute approximate surface area is 126 Å². The van der Waals surface area contributed by atoms with E-state index in [1.54, 1.807) is 0 Å². The van der Waals surface area contributed by atoms with Crippen molar-refractivity contribution < 1.29 is 19.4 Å². The van der Waals surface area contributed by atoms with Gasteiger partial charge in [-0.2, -0.15) is 0 Å². The largest absolute Gasteiger partial charge is 0.480 e. The maximum absolute atomic E-state index is 12.2. The molecule has 1 atom stereocenters. The summed E-state index contributed by atoms with van der Waals surface area (Å²) in [5, 5.41) is 11.9. The molecule has 0 radical (unpaired) electrons. The summed E-state index contributed by atoms with van der Waals surface area (Å²) in [6.07, 6.45) is 4.15. The van der Waals surface area contributed by atoms with Crippen molar-refractivity contribution >= 4 is 12.0 Å². The Morgan fingerprint density at radius 2 is 2.00 bits per heavy atom. The molecule has 1 saturated heterocycles. The number of nitrogens with one attached hydrogen (secondary N) is 1. The van der Waals surface area contributed by atoms with E-state index in [0.29, 0.717) is 13.2 Å². The Balaban J connectivity index is 2.61. The predicted molar refractivity (Wildman–Crippen MR) is 80.3 cm³/mol. The van der Waals surface area contributed by atoms with E-state index in [9.17, 15) is 9.59 Å². The highest BCUT2D eigenvalue weighted by atomic mass is 16.5. The zero-order valence-electron chi connectivity index (χ0n) is 13.4. The molecular formula is C15H28N2O4. The summed E-state index contributed by atoms with van der Waals surface area (Å²) >= 11 is 0. The minimum absolute atomic E-state index is 0.0549. The molecule has 0 bridgehead atoms. The number of carbonyl (C=O) groups excluding carboxylic acids is 1. The number of nitrogens with zero attached hydrogens (tertiary/aromatic N) is 1. The van der Waals surface area contributed by atoms with Crippen LogP contribution in [0.4, 0.5) is 4.79 Å². The Morgan fingerprint density at radius 3 is 2.52 bits per heavy atom. The highest BCUT2D eigenvalue weighted by molar-refractivity contribution is 5.80. The summed E-state index contributed by atoms with van der Waals surface area (Å²) in [5.41, 5.74) is -0.154. The minimum Gasteiger partial charge on any atom is -0.480 e. The van der Waals surface area contributed by atoms with Crippen molar-refractivity contribution in [3.8, 4) is 0 Å². The molecule has 2 amide bonds. The fourth-order valence-electron chi connectivity index (χ4n) is 2.85. The second kappa shape index (κ2) is 8.22. The third-order valence-corrected chi connectivity index (χ3v) is 4.22. The molecule has 1 rings (SSSR count). The number of carboxylic acid groups (broad SMARTS) is 1. The van der Waals surface area contributed by atoms with Crippen LogP contribution in [0.5, 0.6) is 0 Å². The van der Waals surface area contributed by atoms with Crippen LogP contribution < -0.4 is 5.32 Å². The van der Waals surface area contributed by atoms with Crippen LogP contribution in [0, 0.1) is 0 Å². The van der Waals surface area contributed by atoms with Gasteiger partial charge in [0.15, 0.2) is 0 Å². The number of hydrogen-bond acceptors (Lipinski definition) is 3. The van der Waals surface area contributed by atoms with Crippen LogP contribution in [0.15, 0.2) is 0 Å². The number of hydrogen-bond donors (Lipinski definition) is 2. The Morgan fingerprint density at radius 1 is 1.33 bits per heavy atom. The lowest BCUT2D eigenvalue weighted by atomic mass is 9.86. The van der Waals surface area contributed by atoms with Gasteiger partial charge in [-0.3, -0.25) is 4.79 Å². The van der Waals surface area contributed by atoms with Gasteiger partial charge in [-0.25, -0.2) is 4.79 Å². The zero-order chi connectivity index (χ0) is 15.9. The van der Waals surface area contributed by atoms with Gasteiger partial charge in [0.2, 0.25) is 0 Å². The van der Waals surface area contributed by atoms with Crippen LogP contribution in [0.25, 0.3) is 0 Å². The number of carboxylic acids is 1. The molecule has 6 heteroatoms. The standard InChI is InChI=1S/C15H28N2O4/c1-4-8-17(11-13(18)19)14(20)16-12-7-9-21-15(5-2,6-3)10-12/h12H,4-11H2,1-3H3,(H,16,20)(H,18,19). The molecule has 6 nitrogen and oxygen atoms in total. The molecule has 1 aliphatic rings. The first kappa shape index (κ1) is 17.8. The van der Waals surface area contributed by atoms with Gasteiger partial charge < -0.3 is 20.1 Å². The Hall–Kier alpha value is -1.30. The molecule has 1 aliphatic heterocycles. The third kappa shape index (κ3) is 5.19. The van der Waals surface area contributed by atoms with E-state index in [4.69, 9.17) is 9.84 Å². The van der Waals surface area contributed by atoms with E-state index >= 15 is 0 Å². The topological polar surface area (TPSA) is 78.9 Å². The second-order valence-electron chi connectivity index (χ2n) is 5.69. The normalized spacial score (nSPS) is 20.8. The Bertz CT molecular complexity index is 356. The first-order valence-corrected chi connectivity index (χ1v) is 7.87. The summed E-state index contributed by atoms with van der Waals surface area (Å²) in [6, 6.07) is -0.230. The van der Waals surface area contributed by atoms with Gasteiger partial charge in [0, 0.05) is 19.2 Å². The number of rotatable bonds is 7. The van der Waals surface area contributed by atoms with E-state index in [-0.39, 0.29) is 24.2 Å². The molecular weight excluding hydrogens is 272 g/mol. The fourth-order valence-corrected chi connectivity index (χ4v) is 2.85. The number of amides is 2. The monoisotopic (exact) mass is 300 g/mol. The highest BCUT2D eigenvalue weighted by Crippen LogP contribution is 2.31. The molecule has 0 aromatic carbocycles. The van der Waals surface area contributed by atoms with Crippen LogP contribution in [0.1, 0.15) is 52.9 Å². The average molecular weight is 300 g/mol. The molecule has 2 N–H and O–H groups in total. The smallest absolute Gasteiger partial charge is 0.323 e. The van der Waals surface area contributed by atoms with Gasteiger partial charge >= 0.3 is 12.0 Å². The van der Waals surface area contributed by atoms with Crippen LogP contribution in [-0.4, -0.2) is 53.3 Å². The van der Waals surface area contributed by atoms with Crippen LogP contribution in [0.3, 0.4) is 0 Å². The van der Waals surface area contributed by atoms with Crippen molar-refractivity contribution in [1.82, 2.24) is 10.2 Å². The summed E-state index contributed by atoms with van der Waals surface area (Å²) in [7, 11) is 0. The van der Waals surface area contributed by atoms with E-state index in [0.717, 1.165) is 32.1 Å². The van der Waals surface area contributed by atoms with Gasteiger partial charge in [-0.1, -0.05) is 20.8 Å². The zero-order valence-corrected chi connectivity index (χ0v) is 13.4. The van der Waals surface area contributed by atoms with Crippen LogP contribution in [-0.2, 0) is 9.53 Å². The number of carbonyl (C=O) groups is 2. The van der Waals surface area contributed by atoms with Crippen molar-refractivity contribution in [2.45, 2.75) is 64.5 Å². The molecule has 0 aromatic rings. The van der Waals surface area contributed by atoms with Crippen molar-refractivity contribution in [3.05, 3.63) is 0 Å². The Kier molecular flexibility index (Phi) is 6.95. The molecule has 21 heavy (non-hydrogen) atoms. The number of urea groups is 1. The van der Waals surface area contributed by atoms with Crippen LogP contribution in [0.2, 0.25) is 0 Å². The maximum atomic E-state index is 12.2. The molecule has 1 unspecified atom stereocenters. The maximum Gasteiger partial charge on any atom is 0.323 e. The molecule has 0 aliphatic carbocycles.